The first-order valence-corrected chi connectivity index (χ1v) is 11.1. The summed E-state index contributed by atoms with van der Waals surface area (Å²) < 4.78 is 0. The van der Waals surface area contributed by atoms with Gasteiger partial charge in [-0.25, -0.2) is 0 Å². The van der Waals surface area contributed by atoms with E-state index in [0.717, 1.165) is 35.4 Å². The molecule has 0 unspecified atom stereocenters. The van der Waals surface area contributed by atoms with E-state index in [1.807, 2.05) is 55.5 Å². The highest BCUT2D eigenvalue weighted by atomic mass is 32.2. The van der Waals surface area contributed by atoms with Gasteiger partial charge in [-0.1, -0.05) is 30.3 Å². The second-order valence-electron chi connectivity index (χ2n) is 7.64. The van der Waals surface area contributed by atoms with Crippen LogP contribution in [-0.4, -0.2) is 47.5 Å². The Balaban J connectivity index is 1.56. The van der Waals surface area contributed by atoms with Crippen LogP contribution in [0, 0.1) is 6.92 Å². The van der Waals surface area contributed by atoms with Crippen LogP contribution in [-0.2, 0) is 14.4 Å². The second-order valence-corrected chi connectivity index (χ2v) is 8.79. The van der Waals surface area contributed by atoms with Gasteiger partial charge >= 0.3 is 0 Å². The number of anilines is 2. The van der Waals surface area contributed by atoms with Gasteiger partial charge in [-0.05, 0) is 49.9 Å². The predicted octanol–water partition coefficient (Wildman–Crippen LogP) is 3.45. The van der Waals surface area contributed by atoms with Gasteiger partial charge < -0.3 is 15.1 Å². The summed E-state index contributed by atoms with van der Waals surface area (Å²) >= 11 is 1.29. The molecule has 7 heteroatoms. The number of hydrogen-bond donors (Lipinski definition) is 1. The Kier molecular flexibility index (Phi) is 6.08. The number of carbonyl (C=O) groups is 3. The van der Waals surface area contributed by atoms with Crippen LogP contribution in [0.1, 0.15) is 24.8 Å². The highest BCUT2D eigenvalue weighted by Crippen LogP contribution is 2.40. The SMILES string of the molecule is Cc1ccccc1NC(=O)CN1C(=O)[C@H](C(=O)N2CCCCC2)Sc2ccccc21. The zero-order valence-corrected chi connectivity index (χ0v) is 17.8. The molecule has 0 aromatic heterocycles. The second kappa shape index (κ2) is 8.92. The topological polar surface area (TPSA) is 69.7 Å². The minimum absolute atomic E-state index is 0.130. The quantitative estimate of drug-likeness (QED) is 0.765. The van der Waals surface area contributed by atoms with Crippen molar-refractivity contribution in [1.29, 1.82) is 0 Å². The first kappa shape index (κ1) is 20.5. The number of hydrogen-bond acceptors (Lipinski definition) is 4. The van der Waals surface area contributed by atoms with Crippen LogP contribution in [0.2, 0.25) is 0 Å². The van der Waals surface area contributed by atoms with E-state index < -0.39 is 5.25 Å². The van der Waals surface area contributed by atoms with Crippen molar-refractivity contribution in [3.05, 3.63) is 54.1 Å². The average Bonchev–Trinajstić information content (AvgIpc) is 2.77. The lowest BCUT2D eigenvalue weighted by atomic mass is 10.1. The normalized spacial score (nSPS) is 18.7. The van der Waals surface area contributed by atoms with Crippen molar-refractivity contribution in [2.45, 2.75) is 36.3 Å². The summed E-state index contributed by atoms with van der Waals surface area (Å²) in [5, 5.41) is 2.04. The molecule has 1 atom stereocenters. The van der Waals surface area contributed by atoms with E-state index in [4.69, 9.17) is 0 Å². The van der Waals surface area contributed by atoms with E-state index in [0.29, 0.717) is 18.8 Å². The maximum atomic E-state index is 13.3. The van der Waals surface area contributed by atoms with Crippen molar-refractivity contribution in [2.24, 2.45) is 0 Å². The van der Waals surface area contributed by atoms with Crippen LogP contribution < -0.4 is 10.2 Å². The molecule has 0 aliphatic carbocycles. The summed E-state index contributed by atoms with van der Waals surface area (Å²) in [4.78, 5) is 43.2. The number of likely N-dealkylation sites (tertiary alicyclic amines) is 1. The zero-order chi connectivity index (χ0) is 21.1. The minimum atomic E-state index is -0.843. The molecule has 0 spiro atoms. The molecule has 1 fully saturated rings. The van der Waals surface area contributed by atoms with E-state index >= 15 is 0 Å². The molecule has 2 aliphatic heterocycles. The molecule has 2 aliphatic rings. The molecule has 2 heterocycles. The smallest absolute Gasteiger partial charge is 0.250 e. The van der Waals surface area contributed by atoms with Crippen molar-refractivity contribution in [3.63, 3.8) is 0 Å². The summed E-state index contributed by atoms with van der Waals surface area (Å²) in [5.41, 5.74) is 2.34. The number of para-hydroxylation sites is 2. The van der Waals surface area contributed by atoms with Gasteiger partial charge in [-0.15, -0.1) is 11.8 Å². The fraction of sp³-hybridized carbons (Fsp3) is 0.348. The van der Waals surface area contributed by atoms with Crippen molar-refractivity contribution in [2.75, 3.05) is 29.9 Å². The molecule has 2 aromatic rings. The van der Waals surface area contributed by atoms with Gasteiger partial charge in [0.25, 0.3) is 5.91 Å². The summed E-state index contributed by atoms with van der Waals surface area (Å²) in [7, 11) is 0. The first-order chi connectivity index (χ1) is 14.5. The van der Waals surface area contributed by atoms with Gasteiger partial charge in [0.15, 0.2) is 5.25 Å². The first-order valence-electron chi connectivity index (χ1n) is 10.3. The van der Waals surface area contributed by atoms with E-state index in [-0.39, 0.29) is 24.3 Å². The number of rotatable bonds is 4. The Morgan fingerprint density at radius 2 is 1.73 bits per heavy atom. The van der Waals surface area contributed by atoms with Gasteiger partial charge in [0, 0.05) is 23.7 Å². The van der Waals surface area contributed by atoms with Crippen LogP contribution in [0.4, 0.5) is 11.4 Å². The Labute approximate surface area is 180 Å². The molecule has 1 saturated heterocycles. The van der Waals surface area contributed by atoms with Crippen molar-refractivity contribution in [3.8, 4) is 0 Å². The van der Waals surface area contributed by atoms with E-state index in [2.05, 4.69) is 5.32 Å². The average molecular weight is 424 g/mol. The number of piperidine rings is 1. The van der Waals surface area contributed by atoms with Gasteiger partial charge in [0.2, 0.25) is 11.8 Å². The molecular formula is C23H25N3O3S. The molecule has 4 rings (SSSR count). The van der Waals surface area contributed by atoms with Crippen LogP contribution in [0.25, 0.3) is 0 Å². The van der Waals surface area contributed by atoms with Crippen molar-refractivity contribution < 1.29 is 14.4 Å². The fourth-order valence-electron chi connectivity index (χ4n) is 3.86. The van der Waals surface area contributed by atoms with E-state index in [1.54, 1.807) is 4.90 Å². The van der Waals surface area contributed by atoms with Crippen LogP contribution in [0.5, 0.6) is 0 Å². The van der Waals surface area contributed by atoms with Gasteiger partial charge in [-0.2, -0.15) is 0 Å². The third-order valence-corrected chi connectivity index (χ3v) is 6.74. The number of benzene rings is 2. The molecule has 6 nitrogen and oxygen atoms in total. The Bertz CT molecular complexity index is 972. The number of aryl methyl sites for hydroxylation is 1. The maximum Gasteiger partial charge on any atom is 0.250 e. The Morgan fingerprint density at radius 3 is 2.50 bits per heavy atom. The van der Waals surface area contributed by atoms with Crippen LogP contribution in [0.3, 0.4) is 0 Å². The molecule has 0 bridgehead atoms. The highest BCUT2D eigenvalue weighted by molar-refractivity contribution is 8.01. The monoisotopic (exact) mass is 423 g/mol. The largest absolute Gasteiger partial charge is 0.341 e. The molecule has 156 valence electrons. The summed E-state index contributed by atoms with van der Waals surface area (Å²) in [6.45, 7) is 3.17. The number of carbonyl (C=O) groups excluding carboxylic acids is 3. The fourth-order valence-corrected chi connectivity index (χ4v) is 5.05. The number of thioether (sulfide) groups is 1. The minimum Gasteiger partial charge on any atom is -0.341 e. The van der Waals surface area contributed by atoms with Gasteiger partial charge in [0.1, 0.15) is 6.54 Å². The van der Waals surface area contributed by atoms with E-state index in [1.165, 1.54) is 16.7 Å². The van der Waals surface area contributed by atoms with Crippen LogP contribution >= 0.6 is 11.8 Å². The number of amides is 3. The third kappa shape index (κ3) is 4.21. The maximum absolute atomic E-state index is 13.3. The molecule has 0 saturated carbocycles. The summed E-state index contributed by atoms with van der Waals surface area (Å²) in [6, 6.07) is 15.0. The van der Waals surface area contributed by atoms with Crippen molar-refractivity contribution in [1.82, 2.24) is 4.90 Å². The van der Waals surface area contributed by atoms with Crippen LogP contribution in [0.15, 0.2) is 53.4 Å². The zero-order valence-electron chi connectivity index (χ0n) is 17.0. The molecule has 2 aromatic carbocycles. The van der Waals surface area contributed by atoms with Crippen molar-refractivity contribution >= 4 is 40.9 Å². The third-order valence-electron chi connectivity index (χ3n) is 5.50. The van der Waals surface area contributed by atoms with E-state index in [9.17, 15) is 14.4 Å². The molecule has 1 N–H and O–H groups in total. The standard InChI is InChI=1S/C23H25N3O3S/c1-16-9-3-4-10-17(16)24-20(27)15-26-18-11-5-6-12-19(18)30-21(23(26)29)22(28)25-13-7-2-8-14-25/h3-6,9-12,21H,2,7-8,13-15H2,1H3,(H,24,27)/t21-/m0/s1. The predicted molar refractivity (Wildman–Crippen MR) is 119 cm³/mol. The number of nitrogens with one attached hydrogen (secondary N) is 1. The lowest BCUT2D eigenvalue weighted by Gasteiger charge is -2.36. The molecule has 30 heavy (non-hydrogen) atoms. The molecular weight excluding hydrogens is 398 g/mol. The van der Waals surface area contributed by atoms with Gasteiger partial charge in [-0.3, -0.25) is 14.4 Å². The number of nitrogens with zero attached hydrogens (tertiary/aromatic N) is 2. The van der Waals surface area contributed by atoms with Gasteiger partial charge in [0.05, 0.1) is 5.69 Å². The summed E-state index contributed by atoms with van der Waals surface area (Å²) in [5.74, 6) is -0.763. The Hall–Kier alpha value is -2.80. The summed E-state index contributed by atoms with van der Waals surface area (Å²) in [6.07, 6.45) is 3.05. The highest BCUT2D eigenvalue weighted by Gasteiger charge is 2.40. The number of fused-ring (bicyclic) bond motifs is 1. The lowest BCUT2D eigenvalue weighted by Crippen LogP contribution is -2.52. The lowest BCUT2D eigenvalue weighted by molar-refractivity contribution is -0.135. The Morgan fingerprint density at radius 1 is 1.03 bits per heavy atom. The molecule has 3 amide bonds. The molecule has 0 radical (unpaired) electrons.